The van der Waals surface area contributed by atoms with Gasteiger partial charge in [0.15, 0.2) is 5.96 Å². The van der Waals surface area contributed by atoms with Crippen molar-refractivity contribution in [3.8, 4) is 0 Å². The Hall–Kier alpha value is -1.64. The maximum Gasteiger partial charge on any atom is 0.193 e. The van der Waals surface area contributed by atoms with Gasteiger partial charge in [-0.3, -0.25) is 9.89 Å². The van der Waals surface area contributed by atoms with Crippen molar-refractivity contribution >= 4 is 29.9 Å². The van der Waals surface area contributed by atoms with Crippen LogP contribution in [0, 0.1) is 6.92 Å². The van der Waals surface area contributed by atoms with Crippen molar-refractivity contribution in [2.45, 2.75) is 45.5 Å². The summed E-state index contributed by atoms with van der Waals surface area (Å²) in [5.74, 6) is 0.890. The van der Waals surface area contributed by atoms with Crippen LogP contribution in [0.15, 0.2) is 53.5 Å². The van der Waals surface area contributed by atoms with E-state index in [-0.39, 0.29) is 30.1 Å². The summed E-state index contributed by atoms with van der Waals surface area (Å²) in [6.45, 7) is 6.60. The predicted molar refractivity (Wildman–Crippen MR) is 135 cm³/mol. The van der Waals surface area contributed by atoms with Gasteiger partial charge >= 0.3 is 0 Å². The lowest BCUT2D eigenvalue weighted by Gasteiger charge is -2.29. The summed E-state index contributed by atoms with van der Waals surface area (Å²) < 4.78 is 0. The van der Waals surface area contributed by atoms with E-state index in [9.17, 15) is 5.11 Å². The molecule has 164 valence electrons. The van der Waals surface area contributed by atoms with Crippen molar-refractivity contribution in [3.63, 3.8) is 0 Å². The van der Waals surface area contributed by atoms with Crippen molar-refractivity contribution in [2.75, 3.05) is 27.2 Å². The highest BCUT2D eigenvalue weighted by molar-refractivity contribution is 14.0. The predicted octanol–water partition coefficient (Wildman–Crippen LogP) is 3.78. The van der Waals surface area contributed by atoms with Gasteiger partial charge in [-0.15, -0.1) is 24.0 Å². The molecule has 30 heavy (non-hydrogen) atoms. The Morgan fingerprint density at radius 2 is 1.60 bits per heavy atom. The van der Waals surface area contributed by atoms with Crippen LogP contribution in [0.2, 0.25) is 0 Å². The van der Waals surface area contributed by atoms with Gasteiger partial charge in [0.1, 0.15) is 0 Å². The number of hydrogen-bond donors (Lipinski definition) is 2. The van der Waals surface area contributed by atoms with Gasteiger partial charge in [0.2, 0.25) is 0 Å². The molecule has 2 N–H and O–H groups in total. The van der Waals surface area contributed by atoms with Crippen molar-refractivity contribution in [2.24, 2.45) is 4.99 Å². The smallest absolute Gasteiger partial charge is 0.193 e. The number of aliphatic imine (C=N–C) groups is 1. The normalized spacial score (nSPS) is 15.5. The molecule has 1 heterocycles. The highest BCUT2D eigenvalue weighted by Gasteiger charge is 2.16. The van der Waals surface area contributed by atoms with Gasteiger partial charge < -0.3 is 15.3 Å². The van der Waals surface area contributed by atoms with Crippen molar-refractivity contribution in [1.29, 1.82) is 0 Å². The second-order valence-corrected chi connectivity index (χ2v) is 8.07. The minimum atomic E-state index is -0.113. The number of nitrogens with one attached hydrogen (secondary N) is 1. The summed E-state index contributed by atoms with van der Waals surface area (Å²) in [5.41, 5.74) is 5.12. The third-order valence-electron chi connectivity index (χ3n) is 5.55. The van der Waals surface area contributed by atoms with E-state index in [2.05, 4.69) is 82.6 Å². The molecule has 1 aliphatic heterocycles. The maximum absolute atomic E-state index is 9.64. The Morgan fingerprint density at radius 1 is 1.03 bits per heavy atom. The van der Waals surface area contributed by atoms with Gasteiger partial charge in [-0.1, -0.05) is 54.1 Å². The lowest BCUT2D eigenvalue weighted by Crippen LogP contribution is -2.38. The standard InChI is InChI=1S/C24H34N4O.HI/c1-19-4-6-21(7-5-19)17-27(3)24(25-2)26-16-20-8-10-22(11-9-20)18-28-14-12-23(29)13-15-28;/h4-11,23,29H,12-18H2,1-3H3,(H,25,26);1H. The fraction of sp³-hybridized carbons (Fsp3) is 0.458. The van der Waals surface area contributed by atoms with Crippen molar-refractivity contribution in [1.82, 2.24) is 15.1 Å². The van der Waals surface area contributed by atoms with Crippen LogP contribution in [0.25, 0.3) is 0 Å². The number of benzene rings is 2. The summed E-state index contributed by atoms with van der Waals surface area (Å²) in [6, 6.07) is 17.4. The number of likely N-dealkylation sites (tertiary alicyclic amines) is 1. The maximum atomic E-state index is 9.64. The molecule has 0 unspecified atom stereocenters. The zero-order valence-corrected chi connectivity index (χ0v) is 20.7. The number of aryl methyl sites for hydroxylation is 1. The van der Waals surface area contributed by atoms with Gasteiger partial charge in [0.05, 0.1) is 6.10 Å². The molecule has 1 fully saturated rings. The van der Waals surface area contributed by atoms with E-state index in [0.29, 0.717) is 0 Å². The van der Waals surface area contributed by atoms with Crippen LogP contribution in [0.1, 0.15) is 35.1 Å². The number of aliphatic hydroxyl groups is 1. The molecule has 0 spiro atoms. The average Bonchev–Trinajstić information content (AvgIpc) is 2.73. The number of piperidine rings is 1. The fourth-order valence-corrected chi connectivity index (χ4v) is 3.71. The minimum absolute atomic E-state index is 0. The molecule has 0 aliphatic carbocycles. The first-order valence-electron chi connectivity index (χ1n) is 10.5. The molecule has 0 radical (unpaired) electrons. The molecule has 1 aliphatic rings. The molecule has 0 saturated carbocycles. The zero-order valence-electron chi connectivity index (χ0n) is 18.3. The van der Waals surface area contributed by atoms with E-state index in [1.54, 1.807) is 0 Å². The van der Waals surface area contributed by atoms with E-state index in [1.807, 2.05) is 7.05 Å². The van der Waals surface area contributed by atoms with E-state index < -0.39 is 0 Å². The van der Waals surface area contributed by atoms with Crippen LogP contribution in [0.5, 0.6) is 0 Å². The number of aliphatic hydroxyl groups excluding tert-OH is 1. The summed E-state index contributed by atoms with van der Waals surface area (Å²) in [4.78, 5) is 8.98. The highest BCUT2D eigenvalue weighted by Crippen LogP contribution is 2.14. The number of halogens is 1. The first-order valence-corrected chi connectivity index (χ1v) is 10.5. The molecule has 3 rings (SSSR count). The molecule has 6 heteroatoms. The van der Waals surface area contributed by atoms with Crippen molar-refractivity contribution in [3.05, 3.63) is 70.8 Å². The summed E-state index contributed by atoms with van der Waals surface area (Å²) in [7, 11) is 3.89. The highest BCUT2D eigenvalue weighted by atomic mass is 127. The minimum Gasteiger partial charge on any atom is -0.393 e. The molecule has 2 aromatic rings. The van der Waals surface area contributed by atoms with Gasteiger partial charge in [0.25, 0.3) is 0 Å². The topological polar surface area (TPSA) is 51.1 Å². The summed E-state index contributed by atoms with van der Waals surface area (Å²) in [5, 5.41) is 13.1. The average molecular weight is 522 g/mol. The Labute approximate surface area is 198 Å². The monoisotopic (exact) mass is 522 g/mol. The van der Waals surface area contributed by atoms with Gasteiger partial charge in [-0.05, 0) is 36.5 Å². The number of nitrogens with zero attached hydrogens (tertiary/aromatic N) is 3. The van der Waals surface area contributed by atoms with E-state index in [1.165, 1.54) is 22.3 Å². The number of rotatable bonds is 6. The first-order chi connectivity index (χ1) is 14.0. The van der Waals surface area contributed by atoms with Gasteiger partial charge in [0, 0.05) is 46.8 Å². The molecule has 5 nitrogen and oxygen atoms in total. The molecule has 0 atom stereocenters. The van der Waals surface area contributed by atoms with Crippen LogP contribution < -0.4 is 5.32 Å². The molecular formula is C24H35IN4O. The SMILES string of the molecule is CN=C(NCc1ccc(CN2CCC(O)CC2)cc1)N(C)Cc1ccc(C)cc1.I. The Balaban J connectivity index is 0.00000320. The Morgan fingerprint density at radius 3 is 2.20 bits per heavy atom. The fourth-order valence-electron chi connectivity index (χ4n) is 3.71. The van der Waals surface area contributed by atoms with E-state index in [4.69, 9.17) is 0 Å². The van der Waals surface area contributed by atoms with Crippen LogP contribution in [0.4, 0.5) is 0 Å². The molecule has 2 aromatic carbocycles. The Kier molecular flexibility index (Phi) is 10.1. The second kappa shape index (κ2) is 12.3. The number of guanidine groups is 1. The molecular weight excluding hydrogens is 487 g/mol. The summed E-state index contributed by atoms with van der Waals surface area (Å²) in [6.07, 6.45) is 1.66. The lowest BCUT2D eigenvalue weighted by molar-refractivity contribution is 0.0792. The molecule has 0 aromatic heterocycles. The molecule has 1 saturated heterocycles. The third kappa shape index (κ3) is 7.56. The largest absolute Gasteiger partial charge is 0.393 e. The Bertz CT molecular complexity index is 784. The molecule has 0 bridgehead atoms. The first kappa shape index (κ1) is 24.6. The van der Waals surface area contributed by atoms with Crippen LogP contribution in [-0.2, 0) is 19.6 Å². The van der Waals surface area contributed by atoms with Crippen LogP contribution >= 0.6 is 24.0 Å². The van der Waals surface area contributed by atoms with Gasteiger partial charge in [-0.2, -0.15) is 0 Å². The third-order valence-corrected chi connectivity index (χ3v) is 5.55. The van der Waals surface area contributed by atoms with Crippen molar-refractivity contribution < 1.29 is 5.11 Å². The quantitative estimate of drug-likeness (QED) is 0.345. The lowest BCUT2D eigenvalue weighted by atomic mass is 10.1. The summed E-state index contributed by atoms with van der Waals surface area (Å²) >= 11 is 0. The van der Waals surface area contributed by atoms with Gasteiger partial charge in [-0.25, -0.2) is 0 Å². The zero-order chi connectivity index (χ0) is 20.6. The second-order valence-electron chi connectivity index (χ2n) is 8.07. The van der Waals surface area contributed by atoms with E-state index >= 15 is 0 Å². The van der Waals surface area contributed by atoms with Crippen LogP contribution in [-0.4, -0.2) is 54.2 Å². The van der Waals surface area contributed by atoms with E-state index in [0.717, 1.165) is 51.5 Å². The number of hydrogen-bond acceptors (Lipinski definition) is 3. The molecule has 0 amide bonds. The van der Waals surface area contributed by atoms with Crippen LogP contribution in [0.3, 0.4) is 0 Å².